The van der Waals surface area contributed by atoms with E-state index in [9.17, 15) is 13.6 Å². The lowest BCUT2D eigenvalue weighted by atomic mass is 9.96. The van der Waals surface area contributed by atoms with Crippen molar-refractivity contribution in [3.05, 3.63) is 71.6 Å². The van der Waals surface area contributed by atoms with E-state index in [2.05, 4.69) is 30.5 Å². The number of benzene rings is 1. The highest BCUT2D eigenvalue weighted by Gasteiger charge is 2.41. The summed E-state index contributed by atoms with van der Waals surface area (Å²) in [4.78, 5) is 28.1. The molecule has 2 N–H and O–H groups in total. The number of aryl methyl sites for hydroxylation is 1. The fraction of sp³-hybridized carbons (Fsp3) is 0.360. The van der Waals surface area contributed by atoms with Crippen molar-refractivity contribution in [2.75, 3.05) is 24.5 Å². The van der Waals surface area contributed by atoms with Gasteiger partial charge < -0.3 is 15.5 Å². The summed E-state index contributed by atoms with van der Waals surface area (Å²) in [6, 6.07) is 5.13. The molecule has 2 fully saturated rings. The maximum atomic E-state index is 14.1. The molecule has 4 heterocycles. The number of carbonyl (C=O) groups is 1. The lowest BCUT2D eigenvalue weighted by Crippen LogP contribution is -2.42. The summed E-state index contributed by atoms with van der Waals surface area (Å²) in [6.45, 7) is 4.43. The normalized spacial score (nSPS) is 19.7. The highest BCUT2D eigenvalue weighted by molar-refractivity contribution is 6.03. The van der Waals surface area contributed by atoms with Gasteiger partial charge in [0.25, 0.3) is 5.91 Å². The number of rotatable bonds is 5. The van der Waals surface area contributed by atoms with E-state index in [1.807, 2.05) is 0 Å². The Hall–Kier alpha value is -3.46. The minimum atomic E-state index is -0.676. The first-order chi connectivity index (χ1) is 16.4. The lowest BCUT2D eigenvalue weighted by molar-refractivity contribution is 0.0950. The number of hydrogen-bond acceptors (Lipinski definition) is 6. The van der Waals surface area contributed by atoms with Crippen LogP contribution in [-0.2, 0) is 6.54 Å². The minimum Gasteiger partial charge on any atom is -0.368 e. The van der Waals surface area contributed by atoms with Gasteiger partial charge in [0.15, 0.2) is 0 Å². The molecule has 2 saturated heterocycles. The summed E-state index contributed by atoms with van der Waals surface area (Å²) in [5.74, 6) is -1.05. The van der Waals surface area contributed by atoms with E-state index in [1.54, 1.807) is 25.4 Å². The van der Waals surface area contributed by atoms with Crippen LogP contribution in [0.25, 0.3) is 11.1 Å². The molecular weight excluding hydrogens is 438 g/mol. The van der Waals surface area contributed by atoms with Crippen molar-refractivity contribution in [2.45, 2.75) is 38.3 Å². The molecule has 176 valence electrons. The Morgan fingerprint density at radius 3 is 2.76 bits per heavy atom. The molecule has 1 unspecified atom stereocenters. The SMILES string of the molecule is Cc1nccc(CNC(=O)c2cncc(-c3cc(F)cc(F)c3)c2N2CCC3(CCCN3)C2)n1. The molecule has 0 aliphatic carbocycles. The van der Waals surface area contributed by atoms with E-state index in [-0.39, 0.29) is 18.0 Å². The number of anilines is 1. The number of halogens is 2. The number of aromatic nitrogens is 3. The second-order valence-corrected chi connectivity index (χ2v) is 9.00. The van der Waals surface area contributed by atoms with Crippen LogP contribution in [0.3, 0.4) is 0 Å². The number of nitrogens with zero attached hydrogens (tertiary/aromatic N) is 4. The van der Waals surface area contributed by atoms with Crippen LogP contribution in [0.15, 0.2) is 42.9 Å². The van der Waals surface area contributed by atoms with Gasteiger partial charge in [0, 0.05) is 48.8 Å². The average molecular weight is 465 g/mol. The number of pyridine rings is 1. The summed E-state index contributed by atoms with van der Waals surface area (Å²) < 4.78 is 28.2. The monoisotopic (exact) mass is 464 g/mol. The Morgan fingerprint density at radius 1 is 1.21 bits per heavy atom. The van der Waals surface area contributed by atoms with E-state index in [0.29, 0.717) is 40.4 Å². The molecule has 2 aliphatic heterocycles. The maximum Gasteiger partial charge on any atom is 0.255 e. The molecular formula is C25H26F2N6O. The van der Waals surface area contributed by atoms with Crippen molar-refractivity contribution < 1.29 is 13.6 Å². The topological polar surface area (TPSA) is 83.0 Å². The number of hydrogen-bond donors (Lipinski definition) is 2. The van der Waals surface area contributed by atoms with Crippen LogP contribution >= 0.6 is 0 Å². The van der Waals surface area contributed by atoms with Gasteiger partial charge in [-0.05, 0) is 56.5 Å². The average Bonchev–Trinajstić information content (AvgIpc) is 3.46. The minimum absolute atomic E-state index is 0.0000402. The van der Waals surface area contributed by atoms with Gasteiger partial charge in [0.1, 0.15) is 17.5 Å². The van der Waals surface area contributed by atoms with Gasteiger partial charge in [-0.3, -0.25) is 9.78 Å². The Bertz CT molecular complexity index is 1210. The van der Waals surface area contributed by atoms with E-state index >= 15 is 0 Å². The van der Waals surface area contributed by atoms with Crippen molar-refractivity contribution in [2.24, 2.45) is 0 Å². The molecule has 34 heavy (non-hydrogen) atoms. The predicted octanol–water partition coefficient (Wildman–Crippen LogP) is 3.39. The van der Waals surface area contributed by atoms with Crippen LogP contribution in [0.4, 0.5) is 14.5 Å². The van der Waals surface area contributed by atoms with Gasteiger partial charge in [0.2, 0.25) is 0 Å². The Kier molecular flexibility index (Phi) is 5.95. The van der Waals surface area contributed by atoms with Crippen LogP contribution < -0.4 is 15.5 Å². The summed E-state index contributed by atoms with van der Waals surface area (Å²) in [5.41, 5.74) is 2.57. The van der Waals surface area contributed by atoms with Crippen molar-refractivity contribution in [1.29, 1.82) is 0 Å². The van der Waals surface area contributed by atoms with Crippen LogP contribution in [0.5, 0.6) is 0 Å². The van der Waals surface area contributed by atoms with Crippen molar-refractivity contribution in [1.82, 2.24) is 25.6 Å². The summed E-state index contributed by atoms with van der Waals surface area (Å²) in [7, 11) is 0. The van der Waals surface area contributed by atoms with Crippen LogP contribution in [-0.4, -0.2) is 46.0 Å². The predicted molar refractivity (Wildman–Crippen MR) is 124 cm³/mol. The molecule has 5 rings (SSSR count). The summed E-state index contributed by atoms with van der Waals surface area (Å²) in [6.07, 6.45) is 7.84. The molecule has 3 aromatic rings. The smallest absolute Gasteiger partial charge is 0.255 e. The standard InChI is InChI=1S/C25H26F2N6O/c1-16-29-7-3-20(32-16)12-30-24(34)22-14-28-13-21(17-9-18(26)11-19(27)10-17)23(22)33-8-5-25(15-33)4-2-6-31-25/h3,7,9-11,13-14,31H,2,4-6,8,12,15H2,1H3,(H,30,34). The zero-order chi connectivity index (χ0) is 23.7. The fourth-order valence-corrected chi connectivity index (χ4v) is 5.03. The molecule has 9 heteroatoms. The number of amides is 1. The van der Waals surface area contributed by atoms with Crippen molar-refractivity contribution in [3.63, 3.8) is 0 Å². The molecule has 0 radical (unpaired) electrons. The lowest BCUT2D eigenvalue weighted by Gasteiger charge is -2.28. The van der Waals surface area contributed by atoms with E-state index in [0.717, 1.165) is 38.4 Å². The van der Waals surface area contributed by atoms with Gasteiger partial charge in [-0.2, -0.15) is 0 Å². The summed E-state index contributed by atoms with van der Waals surface area (Å²) in [5, 5.41) is 6.53. The third-order valence-corrected chi connectivity index (χ3v) is 6.60. The zero-order valence-electron chi connectivity index (χ0n) is 18.9. The molecule has 1 spiro atoms. The van der Waals surface area contributed by atoms with Crippen LogP contribution in [0.1, 0.15) is 41.1 Å². The second kappa shape index (κ2) is 9.06. The molecule has 1 atom stereocenters. The van der Waals surface area contributed by atoms with Gasteiger partial charge in [-0.15, -0.1) is 0 Å². The Morgan fingerprint density at radius 2 is 2.03 bits per heavy atom. The molecule has 1 aromatic carbocycles. The van der Waals surface area contributed by atoms with Crippen LogP contribution in [0, 0.1) is 18.6 Å². The third-order valence-electron chi connectivity index (χ3n) is 6.60. The van der Waals surface area contributed by atoms with E-state index in [1.165, 1.54) is 18.3 Å². The molecule has 2 aromatic heterocycles. The van der Waals surface area contributed by atoms with E-state index < -0.39 is 11.6 Å². The molecule has 0 saturated carbocycles. The Labute approximate surface area is 196 Å². The van der Waals surface area contributed by atoms with Gasteiger partial charge in [0.05, 0.1) is 23.5 Å². The zero-order valence-corrected chi connectivity index (χ0v) is 18.9. The number of nitrogens with one attached hydrogen (secondary N) is 2. The quantitative estimate of drug-likeness (QED) is 0.602. The fourth-order valence-electron chi connectivity index (χ4n) is 5.03. The van der Waals surface area contributed by atoms with Crippen LogP contribution in [0.2, 0.25) is 0 Å². The molecule has 2 aliphatic rings. The first kappa shape index (κ1) is 22.3. The second-order valence-electron chi connectivity index (χ2n) is 9.00. The first-order valence-electron chi connectivity index (χ1n) is 11.4. The highest BCUT2D eigenvalue weighted by Crippen LogP contribution is 2.40. The maximum absolute atomic E-state index is 14.1. The van der Waals surface area contributed by atoms with Gasteiger partial charge in [-0.1, -0.05) is 0 Å². The van der Waals surface area contributed by atoms with Crippen molar-refractivity contribution in [3.8, 4) is 11.1 Å². The van der Waals surface area contributed by atoms with Gasteiger partial charge >= 0.3 is 0 Å². The van der Waals surface area contributed by atoms with Gasteiger partial charge in [-0.25, -0.2) is 18.7 Å². The summed E-state index contributed by atoms with van der Waals surface area (Å²) >= 11 is 0. The molecule has 7 nitrogen and oxygen atoms in total. The molecule has 1 amide bonds. The Balaban J connectivity index is 1.52. The molecule has 0 bridgehead atoms. The largest absolute Gasteiger partial charge is 0.368 e. The van der Waals surface area contributed by atoms with Crippen molar-refractivity contribution >= 4 is 11.6 Å². The first-order valence-corrected chi connectivity index (χ1v) is 11.4. The highest BCUT2D eigenvalue weighted by atomic mass is 19.1. The third kappa shape index (κ3) is 4.48. The number of carbonyl (C=O) groups excluding carboxylic acids is 1. The van der Waals surface area contributed by atoms with E-state index in [4.69, 9.17) is 0 Å².